The van der Waals surface area contributed by atoms with Gasteiger partial charge in [0, 0.05) is 26.2 Å². The molecule has 2 aliphatic rings. The van der Waals surface area contributed by atoms with E-state index in [9.17, 15) is 30.4 Å². The van der Waals surface area contributed by atoms with Crippen molar-refractivity contribution >= 4 is 10.0 Å². The summed E-state index contributed by atoms with van der Waals surface area (Å²) < 4.78 is 101. The van der Waals surface area contributed by atoms with E-state index >= 15 is 0 Å². The van der Waals surface area contributed by atoms with Crippen LogP contribution in [-0.4, -0.2) is 66.3 Å². The fourth-order valence-corrected chi connectivity index (χ4v) is 4.85. The molecule has 0 amide bonds. The first-order valence-electron chi connectivity index (χ1n) is 10.1. The van der Waals surface area contributed by atoms with E-state index < -0.39 is 45.6 Å². The van der Waals surface area contributed by atoms with Crippen molar-refractivity contribution in [2.75, 3.05) is 32.4 Å². The fourth-order valence-electron chi connectivity index (χ4n) is 3.97. The van der Waals surface area contributed by atoms with Crippen molar-refractivity contribution in [3.05, 3.63) is 41.0 Å². The number of aromatic nitrogens is 2. The van der Waals surface area contributed by atoms with E-state index in [4.69, 9.17) is 4.74 Å². The molecule has 1 aromatic carbocycles. The van der Waals surface area contributed by atoms with Crippen LogP contribution in [0.15, 0.2) is 16.7 Å². The number of likely N-dealkylation sites (tertiary alicyclic amines) is 1. The molecule has 8 nitrogen and oxygen atoms in total. The molecule has 0 unspecified atom stereocenters. The Hall–Kier alpha value is -2.32. The van der Waals surface area contributed by atoms with Crippen LogP contribution in [0.3, 0.4) is 0 Å². The number of hydrogen-bond donors (Lipinski definition) is 0. The summed E-state index contributed by atoms with van der Waals surface area (Å²) in [6.07, 6.45) is -3.24. The lowest BCUT2D eigenvalue weighted by Gasteiger charge is -2.38. The zero-order chi connectivity index (χ0) is 24.0. The third-order valence-corrected chi connectivity index (χ3v) is 7.00. The topological polar surface area (TPSA) is 88.8 Å². The molecule has 0 bridgehead atoms. The maximum Gasteiger partial charge on any atom is 0.471 e. The van der Waals surface area contributed by atoms with Crippen molar-refractivity contribution in [1.29, 1.82) is 0 Å². The number of alkyl halides is 3. The molecule has 2 saturated heterocycles. The van der Waals surface area contributed by atoms with Gasteiger partial charge >= 0.3 is 12.1 Å². The summed E-state index contributed by atoms with van der Waals surface area (Å²) in [5.41, 5.74) is 0.443. The number of rotatable bonds is 6. The smallest absolute Gasteiger partial charge is 0.471 e. The van der Waals surface area contributed by atoms with E-state index in [1.807, 2.05) is 0 Å². The van der Waals surface area contributed by atoms with E-state index in [-0.39, 0.29) is 44.5 Å². The molecular weight excluding hydrogens is 475 g/mol. The molecule has 0 atom stereocenters. The summed E-state index contributed by atoms with van der Waals surface area (Å²) in [7, 11) is -3.30. The van der Waals surface area contributed by atoms with E-state index in [1.54, 1.807) is 4.90 Å². The van der Waals surface area contributed by atoms with Crippen LogP contribution in [-0.2, 0) is 22.7 Å². The van der Waals surface area contributed by atoms with Crippen LogP contribution in [0.5, 0.6) is 5.75 Å². The zero-order valence-electron chi connectivity index (χ0n) is 17.5. The normalized spacial score (nSPS) is 19.6. The fraction of sp³-hybridized carbons (Fsp3) is 0.579. The van der Waals surface area contributed by atoms with Gasteiger partial charge < -0.3 is 9.26 Å². The highest BCUT2D eigenvalue weighted by molar-refractivity contribution is 7.88. The van der Waals surface area contributed by atoms with Gasteiger partial charge in [-0.2, -0.15) is 18.2 Å². The van der Waals surface area contributed by atoms with Crippen molar-refractivity contribution in [3.8, 4) is 5.75 Å². The average molecular weight is 496 g/mol. The van der Waals surface area contributed by atoms with E-state index in [1.165, 1.54) is 16.4 Å². The summed E-state index contributed by atoms with van der Waals surface area (Å²) in [6.45, 7) is 0.998. The maximum absolute atomic E-state index is 14.6. The lowest BCUT2D eigenvalue weighted by molar-refractivity contribution is -0.159. The number of hydrogen-bond acceptors (Lipinski definition) is 7. The minimum atomic E-state index is -4.72. The van der Waals surface area contributed by atoms with Gasteiger partial charge in [0.1, 0.15) is 6.10 Å². The Bertz CT molecular complexity index is 1090. The van der Waals surface area contributed by atoms with Crippen molar-refractivity contribution < 1.29 is 39.6 Å². The van der Waals surface area contributed by atoms with Crippen molar-refractivity contribution in [2.45, 2.75) is 37.6 Å². The quantitative estimate of drug-likeness (QED) is 0.569. The predicted octanol–water partition coefficient (Wildman–Crippen LogP) is 2.77. The second-order valence-electron chi connectivity index (χ2n) is 8.20. The highest BCUT2D eigenvalue weighted by Gasteiger charge is 2.39. The molecule has 33 heavy (non-hydrogen) atoms. The summed E-state index contributed by atoms with van der Waals surface area (Å²) in [4.78, 5) is 4.92. The first-order valence-corrected chi connectivity index (χ1v) is 12.0. The Morgan fingerprint density at radius 3 is 2.27 bits per heavy atom. The Labute approximate surface area is 186 Å². The molecule has 0 spiro atoms. The lowest BCUT2D eigenvalue weighted by atomic mass is 9.90. The molecule has 3 heterocycles. The molecule has 1 aromatic heterocycles. The van der Waals surface area contributed by atoms with Crippen LogP contribution in [0.1, 0.15) is 36.0 Å². The largest absolute Gasteiger partial charge is 0.482 e. The Balaban J connectivity index is 1.31. The molecule has 2 fully saturated rings. The van der Waals surface area contributed by atoms with E-state index in [0.29, 0.717) is 18.4 Å². The van der Waals surface area contributed by atoms with Crippen LogP contribution in [0.2, 0.25) is 0 Å². The molecule has 0 saturated carbocycles. The van der Waals surface area contributed by atoms with Gasteiger partial charge in [0.15, 0.2) is 23.2 Å². The van der Waals surface area contributed by atoms with Gasteiger partial charge in [0.2, 0.25) is 10.0 Å². The average Bonchev–Trinajstić information content (AvgIpc) is 3.17. The molecule has 182 valence electrons. The number of nitrogens with zero attached hydrogens (tertiary/aromatic N) is 4. The lowest BCUT2D eigenvalue weighted by Crippen LogP contribution is -2.53. The molecule has 14 heteroatoms. The van der Waals surface area contributed by atoms with Crippen LogP contribution < -0.4 is 4.74 Å². The van der Waals surface area contributed by atoms with E-state index in [0.717, 1.165) is 6.26 Å². The summed E-state index contributed by atoms with van der Waals surface area (Å²) in [5.74, 6) is -3.99. The maximum atomic E-state index is 14.6. The van der Waals surface area contributed by atoms with Crippen molar-refractivity contribution in [3.63, 3.8) is 0 Å². The molecule has 0 N–H and O–H groups in total. The standard InChI is InChI=1S/C19H21F5N4O4S/c1-33(29,30)28-4-2-11(3-5-28)12-6-14(20)17(15(21)7-12)31-13-8-27(9-13)10-16-25-18(32-26-16)19(22,23)24/h6-7,11,13H,2-5,8-10H2,1H3. The van der Waals surface area contributed by atoms with Gasteiger partial charge in [-0.1, -0.05) is 5.16 Å². The van der Waals surface area contributed by atoms with Gasteiger partial charge in [-0.15, -0.1) is 0 Å². The van der Waals surface area contributed by atoms with E-state index in [2.05, 4.69) is 14.7 Å². The van der Waals surface area contributed by atoms with Crippen molar-refractivity contribution in [1.82, 2.24) is 19.3 Å². The Kier molecular flexibility index (Phi) is 6.35. The second kappa shape index (κ2) is 8.80. The van der Waals surface area contributed by atoms with Crippen molar-refractivity contribution in [2.24, 2.45) is 0 Å². The molecule has 2 aromatic rings. The first kappa shape index (κ1) is 23.8. The first-order chi connectivity index (χ1) is 15.4. The van der Waals surface area contributed by atoms with Crippen LogP contribution >= 0.6 is 0 Å². The molecule has 2 aliphatic heterocycles. The van der Waals surface area contributed by atoms with Gasteiger partial charge in [-0.3, -0.25) is 4.90 Å². The zero-order valence-corrected chi connectivity index (χ0v) is 18.3. The minimum Gasteiger partial charge on any atom is -0.482 e. The number of ether oxygens (including phenoxy) is 1. The number of halogens is 5. The van der Waals surface area contributed by atoms with Crippen LogP contribution in [0.25, 0.3) is 0 Å². The summed E-state index contributed by atoms with van der Waals surface area (Å²) >= 11 is 0. The Morgan fingerprint density at radius 1 is 1.15 bits per heavy atom. The Morgan fingerprint density at radius 2 is 1.76 bits per heavy atom. The third-order valence-electron chi connectivity index (χ3n) is 5.70. The number of benzene rings is 1. The molecule has 0 aliphatic carbocycles. The highest BCUT2D eigenvalue weighted by atomic mass is 32.2. The van der Waals surface area contributed by atoms with Crippen LogP contribution in [0, 0.1) is 11.6 Å². The van der Waals surface area contributed by atoms with Gasteiger partial charge in [0.25, 0.3) is 0 Å². The van der Waals surface area contributed by atoms with Gasteiger partial charge in [-0.25, -0.2) is 21.5 Å². The number of sulfonamides is 1. The molecule has 0 radical (unpaired) electrons. The van der Waals surface area contributed by atoms with Crippen LogP contribution in [0.4, 0.5) is 22.0 Å². The molecular formula is C19H21F5N4O4S. The SMILES string of the molecule is CS(=O)(=O)N1CCC(c2cc(F)c(OC3CN(Cc4noc(C(F)(F)F)n4)C3)c(F)c2)CC1. The second-order valence-corrected chi connectivity index (χ2v) is 10.2. The molecule has 4 rings (SSSR count). The predicted molar refractivity (Wildman–Crippen MR) is 104 cm³/mol. The minimum absolute atomic E-state index is 0.0183. The third kappa shape index (κ3) is 5.44. The highest BCUT2D eigenvalue weighted by Crippen LogP contribution is 2.34. The number of piperidine rings is 1. The van der Waals surface area contributed by atoms with Gasteiger partial charge in [0.05, 0.1) is 12.8 Å². The monoisotopic (exact) mass is 496 g/mol. The van der Waals surface area contributed by atoms with Gasteiger partial charge in [-0.05, 0) is 36.5 Å². The summed E-state index contributed by atoms with van der Waals surface area (Å²) in [6, 6.07) is 2.40. The summed E-state index contributed by atoms with van der Waals surface area (Å²) in [5, 5.41) is 3.27.